The van der Waals surface area contributed by atoms with Gasteiger partial charge >= 0.3 is 0 Å². The van der Waals surface area contributed by atoms with Crippen molar-refractivity contribution in [3.8, 4) is 5.88 Å². The van der Waals surface area contributed by atoms with Crippen molar-refractivity contribution in [1.82, 2.24) is 10.3 Å². The summed E-state index contributed by atoms with van der Waals surface area (Å²) in [7, 11) is 0. The summed E-state index contributed by atoms with van der Waals surface area (Å²) in [5.74, 6) is 1.90. The minimum atomic E-state index is 0.522. The highest BCUT2D eigenvalue weighted by molar-refractivity contribution is 5.17. The first-order chi connectivity index (χ1) is 9.24. The quantitative estimate of drug-likeness (QED) is 0.820. The Labute approximate surface area is 115 Å². The maximum absolute atomic E-state index is 5.68. The molecule has 1 aliphatic rings. The lowest BCUT2D eigenvalue weighted by Crippen LogP contribution is -2.19. The van der Waals surface area contributed by atoms with Gasteiger partial charge < -0.3 is 14.8 Å². The standard InChI is InChI=1S/C15H24N2O2/c1-12(2)7-16-8-13-3-4-15(17-9-13)19-11-14-5-6-18-10-14/h3-4,9,12,14,16H,5-8,10-11H2,1-2H3. The van der Waals surface area contributed by atoms with E-state index in [4.69, 9.17) is 9.47 Å². The Morgan fingerprint density at radius 3 is 3.00 bits per heavy atom. The Kier molecular flexibility index (Phi) is 5.61. The van der Waals surface area contributed by atoms with E-state index in [0.29, 0.717) is 24.3 Å². The van der Waals surface area contributed by atoms with Crippen molar-refractivity contribution in [2.45, 2.75) is 26.8 Å². The SMILES string of the molecule is CC(C)CNCc1ccc(OCC2CCOC2)nc1. The van der Waals surface area contributed by atoms with Crippen molar-refractivity contribution in [2.24, 2.45) is 11.8 Å². The molecule has 4 heteroatoms. The molecular weight excluding hydrogens is 240 g/mol. The van der Waals surface area contributed by atoms with Gasteiger partial charge in [-0.2, -0.15) is 0 Å². The molecular formula is C15H24N2O2. The van der Waals surface area contributed by atoms with Crippen LogP contribution in [0.25, 0.3) is 0 Å². The molecule has 106 valence electrons. The van der Waals surface area contributed by atoms with Gasteiger partial charge in [0.2, 0.25) is 5.88 Å². The smallest absolute Gasteiger partial charge is 0.213 e. The highest BCUT2D eigenvalue weighted by Crippen LogP contribution is 2.15. The van der Waals surface area contributed by atoms with Crippen molar-refractivity contribution < 1.29 is 9.47 Å². The summed E-state index contributed by atoms with van der Waals surface area (Å²) in [5, 5.41) is 3.40. The van der Waals surface area contributed by atoms with Gasteiger partial charge in [0.1, 0.15) is 0 Å². The molecule has 1 saturated heterocycles. The van der Waals surface area contributed by atoms with Crippen LogP contribution >= 0.6 is 0 Å². The van der Waals surface area contributed by atoms with Gasteiger partial charge in [-0.05, 0) is 24.4 Å². The number of aromatic nitrogens is 1. The van der Waals surface area contributed by atoms with Gasteiger partial charge in [-0.3, -0.25) is 0 Å². The molecule has 1 unspecified atom stereocenters. The molecule has 19 heavy (non-hydrogen) atoms. The van der Waals surface area contributed by atoms with Crippen molar-refractivity contribution in [1.29, 1.82) is 0 Å². The van der Waals surface area contributed by atoms with Crippen LogP contribution in [0.3, 0.4) is 0 Å². The van der Waals surface area contributed by atoms with E-state index in [1.807, 2.05) is 12.3 Å². The first kappa shape index (κ1) is 14.3. The first-order valence-electron chi connectivity index (χ1n) is 7.10. The summed E-state index contributed by atoms with van der Waals surface area (Å²) in [5.41, 5.74) is 1.19. The molecule has 0 bridgehead atoms. The molecule has 2 rings (SSSR count). The Bertz CT molecular complexity index is 359. The molecule has 0 saturated carbocycles. The number of pyridine rings is 1. The molecule has 1 aromatic rings. The van der Waals surface area contributed by atoms with Gasteiger partial charge in [-0.1, -0.05) is 19.9 Å². The third kappa shape index (κ3) is 5.17. The Morgan fingerprint density at radius 1 is 1.47 bits per heavy atom. The minimum absolute atomic E-state index is 0.522. The summed E-state index contributed by atoms with van der Waals surface area (Å²) >= 11 is 0. The van der Waals surface area contributed by atoms with E-state index in [2.05, 4.69) is 30.2 Å². The zero-order valence-corrected chi connectivity index (χ0v) is 11.9. The molecule has 0 radical (unpaired) electrons. The molecule has 2 heterocycles. The largest absolute Gasteiger partial charge is 0.477 e. The number of hydrogen-bond donors (Lipinski definition) is 1. The fraction of sp³-hybridized carbons (Fsp3) is 0.667. The lowest BCUT2D eigenvalue weighted by molar-refractivity contribution is 0.165. The van der Waals surface area contributed by atoms with Crippen LogP contribution in [-0.2, 0) is 11.3 Å². The second-order valence-electron chi connectivity index (χ2n) is 5.57. The summed E-state index contributed by atoms with van der Waals surface area (Å²) < 4.78 is 11.0. The van der Waals surface area contributed by atoms with E-state index in [0.717, 1.165) is 32.7 Å². The van der Waals surface area contributed by atoms with E-state index in [-0.39, 0.29) is 0 Å². The molecule has 1 atom stereocenters. The fourth-order valence-electron chi connectivity index (χ4n) is 2.02. The highest BCUT2D eigenvalue weighted by Gasteiger charge is 2.16. The number of hydrogen-bond acceptors (Lipinski definition) is 4. The number of nitrogens with one attached hydrogen (secondary N) is 1. The second kappa shape index (κ2) is 7.46. The van der Waals surface area contributed by atoms with E-state index in [1.54, 1.807) is 0 Å². The highest BCUT2D eigenvalue weighted by atomic mass is 16.5. The Balaban J connectivity index is 1.71. The summed E-state index contributed by atoms with van der Waals surface area (Å²) in [6.45, 7) is 8.68. The van der Waals surface area contributed by atoms with E-state index in [1.165, 1.54) is 5.56 Å². The van der Waals surface area contributed by atoms with Crippen molar-refractivity contribution in [3.05, 3.63) is 23.9 Å². The van der Waals surface area contributed by atoms with E-state index < -0.39 is 0 Å². The summed E-state index contributed by atoms with van der Waals surface area (Å²) in [6, 6.07) is 4.02. The molecule has 1 aromatic heterocycles. The van der Waals surface area contributed by atoms with Gasteiger partial charge in [0.25, 0.3) is 0 Å². The average Bonchev–Trinajstić information content (AvgIpc) is 2.90. The summed E-state index contributed by atoms with van der Waals surface area (Å²) in [4.78, 5) is 4.33. The topological polar surface area (TPSA) is 43.4 Å². The van der Waals surface area contributed by atoms with E-state index >= 15 is 0 Å². The van der Waals surface area contributed by atoms with Crippen LogP contribution in [0.5, 0.6) is 5.88 Å². The number of rotatable bonds is 7. The van der Waals surface area contributed by atoms with Crippen LogP contribution in [0.2, 0.25) is 0 Å². The Hall–Kier alpha value is -1.13. The van der Waals surface area contributed by atoms with Crippen LogP contribution in [-0.4, -0.2) is 31.3 Å². The molecule has 0 spiro atoms. The van der Waals surface area contributed by atoms with Gasteiger partial charge in [-0.15, -0.1) is 0 Å². The molecule has 1 fully saturated rings. The zero-order chi connectivity index (χ0) is 13.5. The molecule has 0 aliphatic carbocycles. The van der Waals surface area contributed by atoms with Gasteiger partial charge in [0.05, 0.1) is 13.2 Å². The molecule has 1 aliphatic heterocycles. The van der Waals surface area contributed by atoms with Crippen LogP contribution in [0.15, 0.2) is 18.3 Å². The average molecular weight is 264 g/mol. The lowest BCUT2D eigenvalue weighted by Gasteiger charge is -2.10. The van der Waals surface area contributed by atoms with Crippen molar-refractivity contribution >= 4 is 0 Å². The third-order valence-electron chi connectivity index (χ3n) is 3.17. The third-order valence-corrected chi connectivity index (χ3v) is 3.17. The molecule has 4 nitrogen and oxygen atoms in total. The van der Waals surface area contributed by atoms with E-state index in [9.17, 15) is 0 Å². The maximum Gasteiger partial charge on any atom is 0.213 e. The summed E-state index contributed by atoms with van der Waals surface area (Å²) in [6.07, 6.45) is 2.98. The molecule has 0 amide bonds. The predicted octanol–water partition coefficient (Wildman–Crippen LogP) is 2.24. The van der Waals surface area contributed by atoms with Crippen LogP contribution < -0.4 is 10.1 Å². The van der Waals surface area contributed by atoms with Gasteiger partial charge in [0, 0.05) is 31.3 Å². The van der Waals surface area contributed by atoms with Crippen molar-refractivity contribution in [2.75, 3.05) is 26.4 Å². The second-order valence-corrected chi connectivity index (χ2v) is 5.57. The van der Waals surface area contributed by atoms with Crippen molar-refractivity contribution in [3.63, 3.8) is 0 Å². The van der Waals surface area contributed by atoms with Gasteiger partial charge in [-0.25, -0.2) is 4.98 Å². The zero-order valence-electron chi connectivity index (χ0n) is 11.9. The van der Waals surface area contributed by atoms with Gasteiger partial charge in [0.15, 0.2) is 0 Å². The molecule has 1 N–H and O–H groups in total. The lowest BCUT2D eigenvalue weighted by atomic mass is 10.1. The van der Waals surface area contributed by atoms with Crippen LogP contribution in [0.4, 0.5) is 0 Å². The maximum atomic E-state index is 5.68. The van der Waals surface area contributed by atoms with Crippen LogP contribution in [0, 0.1) is 11.8 Å². The van der Waals surface area contributed by atoms with Crippen LogP contribution in [0.1, 0.15) is 25.8 Å². The number of nitrogens with zero attached hydrogens (tertiary/aromatic N) is 1. The Morgan fingerprint density at radius 2 is 2.37 bits per heavy atom. The monoisotopic (exact) mass is 264 g/mol. The predicted molar refractivity (Wildman–Crippen MR) is 75.2 cm³/mol. The fourth-order valence-corrected chi connectivity index (χ4v) is 2.02. The normalized spacial score (nSPS) is 19.0. The first-order valence-corrected chi connectivity index (χ1v) is 7.10. The minimum Gasteiger partial charge on any atom is -0.477 e. The number of ether oxygens (including phenoxy) is 2. The molecule has 0 aromatic carbocycles.